The van der Waals surface area contributed by atoms with Gasteiger partial charge in [0.1, 0.15) is 5.82 Å². The molecule has 1 aromatic heterocycles. The van der Waals surface area contributed by atoms with Gasteiger partial charge in [0.2, 0.25) is 5.13 Å². The van der Waals surface area contributed by atoms with E-state index in [-0.39, 0.29) is 4.75 Å². The van der Waals surface area contributed by atoms with Crippen molar-refractivity contribution in [2.24, 2.45) is 4.99 Å². The highest BCUT2D eigenvalue weighted by molar-refractivity contribution is 7.86. The summed E-state index contributed by atoms with van der Waals surface area (Å²) in [6, 6.07) is 0. The quantitative estimate of drug-likeness (QED) is 0.608. The van der Waals surface area contributed by atoms with Crippen LogP contribution >= 0.6 is 11.5 Å². The normalized spacial score (nSPS) is 17.7. The molecule has 1 unspecified atom stereocenters. The fourth-order valence-corrected chi connectivity index (χ4v) is 4.22. The van der Waals surface area contributed by atoms with E-state index >= 15 is 0 Å². The molecule has 2 heterocycles. The molecule has 0 saturated carbocycles. The van der Waals surface area contributed by atoms with E-state index in [9.17, 15) is 4.21 Å². The van der Waals surface area contributed by atoms with Crippen molar-refractivity contribution in [2.75, 3.05) is 50.4 Å². The van der Waals surface area contributed by atoms with Gasteiger partial charge in [-0.1, -0.05) is 6.92 Å². The number of rotatable bonds is 5. The van der Waals surface area contributed by atoms with Gasteiger partial charge < -0.3 is 15.1 Å². The second-order valence-electron chi connectivity index (χ2n) is 6.96. The summed E-state index contributed by atoms with van der Waals surface area (Å²) < 4.78 is 16.3. The maximum atomic E-state index is 12.1. The molecule has 1 N–H and O–H groups in total. The minimum Gasteiger partial charge on any atom is -0.355 e. The first-order chi connectivity index (χ1) is 11.8. The van der Waals surface area contributed by atoms with Crippen molar-refractivity contribution in [1.82, 2.24) is 19.6 Å². The van der Waals surface area contributed by atoms with Gasteiger partial charge in [-0.3, -0.25) is 9.20 Å². The Kier molecular flexibility index (Phi) is 7.18. The molecule has 1 aromatic rings. The number of piperazine rings is 1. The zero-order valence-corrected chi connectivity index (χ0v) is 17.5. The van der Waals surface area contributed by atoms with E-state index < -0.39 is 10.8 Å². The molecule has 9 heteroatoms. The number of aliphatic imine (C=N–C) groups is 1. The molecule has 0 bridgehead atoms. The van der Waals surface area contributed by atoms with E-state index in [1.807, 2.05) is 20.8 Å². The summed E-state index contributed by atoms with van der Waals surface area (Å²) in [5.74, 6) is 2.44. The predicted octanol–water partition coefficient (Wildman–Crippen LogP) is 1.35. The van der Waals surface area contributed by atoms with Crippen molar-refractivity contribution in [1.29, 1.82) is 0 Å². The van der Waals surface area contributed by atoms with E-state index in [2.05, 4.69) is 36.4 Å². The van der Waals surface area contributed by atoms with Crippen LogP contribution in [-0.4, -0.2) is 74.7 Å². The number of nitrogens with one attached hydrogen (secondary N) is 1. The average molecular weight is 387 g/mol. The van der Waals surface area contributed by atoms with Crippen molar-refractivity contribution in [3.63, 3.8) is 0 Å². The zero-order chi connectivity index (χ0) is 18.4. The van der Waals surface area contributed by atoms with E-state index in [1.165, 1.54) is 11.5 Å². The molecule has 2 rings (SSSR count). The minimum atomic E-state index is -0.848. The number of aryl methyl sites for hydroxylation is 1. The van der Waals surface area contributed by atoms with Gasteiger partial charge in [0.25, 0.3) is 0 Å². The molecule has 1 fully saturated rings. The lowest BCUT2D eigenvalue weighted by atomic mass is 10.3. The highest BCUT2D eigenvalue weighted by Gasteiger charge is 2.23. The Morgan fingerprint density at radius 1 is 1.32 bits per heavy atom. The summed E-state index contributed by atoms with van der Waals surface area (Å²) in [4.78, 5) is 13.5. The topological polar surface area (TPSA) is 73.7 Å². The van der Waals surface area contributed by atoms with Gasteiger partial charge in [0, 0.05) is 79.0 Å². The SMILES string of the molecule is CCc1nsc(N2CCN(C(=NC)NCCS(=O)C(C)(C)C)CC2)n1. The van der Waals surface area contributed by atoms with Crippen LogP contribution in [0.4, 0.5) is 5.13 Å². The molecule has 1 saturated heterocycles. The van der Waals surface area contributed by atoms with Crippen molar-refractivity contribution < 1.29 is 4.21 Å². The third-order valence-corrected chi connectivity index (χ3v) is 6.84. The Morgan fingerprint density at radius 2 is 2.00 bits per heavy atom. The van der Waals surface area contributed by atoms with Crippen LogP contribution in [0.2, 0.25) is 0 Å². The molecule has 0 spiro atoms. The van der Waals surface area contributed by atoms with Crippen LogP contribution in [-0.2, 0) is 17.2 Å². The third-order valence-electron chi connectivity index (χ3n) is 4.09. The van der Waals surface area contributed by atoms with E-state index in [4.69, 9.17) is 0 Å². The van der Waals surface area contributed by atoms with Crippen LogP contribution in [0, 0.1) is 0 Å². The summed E-state index contributed by atoms with van der Waals surface area (Å²) in [6.07, 6.45) is 0.878. The molecule has 0 aromatic carbocycles. The molecular formula is C16H30N6OS2. The van der Waals surface area contributed by atoms with Crippen molar-refractivity contribution in [3.8, 4) is 0 Å². The highest BCUT2D eigenvalue weighted by atomic mass is 32.2. The van der Waals surface area contributed by atoms with E-state index in [0.717, 1.165) is 49.5 Å². The fourth-order valence-electron chi connectivity index (χ4n) is 2.52. The summed E-state index contributed by atoms with van der Waals surface area (Å²) in [5.41, 5.74) is 0. The Hall–Kier alpha value is -1.22. The van der Waals surface area contributed by atoms with Crippen LogP contribution in [0.5, 0.6) is 0 Å². The van der Waals surface area contributed by atoms with Gasteiger partial charge in [-0.15, -0.1) is 0 Å². The molecule has 7 nitrogen and oxygen atoms in total. The first kappa shape index (κ1) is 20.1. The standard InChI is InChI=1S/C16H30N6OS2/c1-6-13-19-15(24-20-13)22-10-8-21(9-11-22)14(17-5)18-7-12-25(23)16(2,3)4/h6-12H2,1-5H3,(H,17,18). The van der Waals surface area contributed by atoms with Gasteiger partial charge in [-0.25, -0.2) is 4.98 Å². The monoisotopic (exact) mass is 386 g/mol. The lowest BCUT2D eigenvalue weighted by Gasteiger charge is -2.36. The van der Waals surface area contributed by atoms with Crippen LogP contribution < -0.4 is 10.2 Å². The second-order valence-corrected chi connectivity index (χ2v) is 10.0. The first-order valence-electron chi connectivity index (χ1n) is 8.76. The first-order valence-corrected chi connectivity index (χ1v) is 10.9. The Bertz CT molecular complexity index is 602. The largest absolute Gasteiger partial charge is 0.355 e. The molecule has 1 atom stereocenters. The summed E-state index contributed by atoms with van der Waals surface area (Å²) in [5, 5.41) is 4.36. The average Bonchev–Trinajstić information content (AvgIpc) is 3.07. The Labute approximate surface area is 157 Å². The zero-order valence-electron chi connectivity index (χ0n) is 15.9. The van der Waals surface area contributed by atoms with Gasteiger partial charge in [-0.05, 0) is 20.8 Å². The van der Waals surface area contributed by atoms with Gasteiger partial charge in [-0.2, -0.15) is 4.37 Å². The number of nitrogens with zero attached hydrogens (tertiary/aromatic N) is 5. The van der Waals surface area contributed by atoms with Gasteiger partial charge >= 0.3 is 0 Å². The van der Waals surface area contributed by atoms with Crippen molar-refractivity contribution >= 4 is 33.4 Å². The second kappa shape index (κ2) is 8.93. The lowest BCUT2D eigenvalue weighted by molar-refractivity contribution is 0.373. The summed E-state index contributed by atoms with van der Waals surface area (Å²) >= 11 is 1.48. The molecule has 0 radical (unpaired) electrons. The van der Waals surface area contributed by atoms with Crippen LogP contribution in [0.15, 0.2) is 4.99 Å². The molecule has 142 valence electrons. The molecule has 0 amide bonds. The molecular weight excluding hydrogens is 356 g/mol. The predicted molar refractivity (Wildman–Crippen MR) is 107 cm³/mol. The van der Waals surface area contributed by atoms with Gasteiger partial charge in [0.05, 0.1) is 0 Å². The fraction of sp³-hybridized carbons (Fsp3) is 0.812. The molecule has 1 aliphatic heterocycles. The third kappa shape index (κ3) is 5.64. The van der Waals surface area contributed by atoms with E-state index in [0.29, 0.717) is 12.3 Å². The number of anilines is 1. The Morgan fingerprint density at radius 3 is 2.52 bits per heavy atom. The number of aromatic nitrogens is 2. The maximum Gasteiger partial charge on any atom is 0.205 e. The van der Waals surface area contributed by atoms with Gasteiger partial charge in [0.15, 0.2) is 5.96 Å². The minimum absolute atomic E-state index is 0.171. The summed E-state index contributed by atoms with van der Waals surface area (Å²) in [7, 11) is 0.951. The maximum absolute atomic E-state index is 12.1. The molecule has 25 heavy (non-hydrogen) atoms. The van der Waals surface area contributed by atoms with Crippen LogP contribution in [0.25, 0.3) is 0 Å². The summed E-state index contributed by atoms with van der Waals surface area (Å²) in [6.45, 7) is 12.4. The highest BCUT2D eigenvalue weighted by Crippen LogP contribution is 2.19. The Balaban J connectivity index is 1.80. The van der Waals surface area contributed by atoms with Crippen molar-refractivity contribution in [3.05, 3.63) is 5.82 Å². The van der Waals surface area contributed by atoms with Crippen LogP contribution in [0.1, 0.15) is 33.5 Å². The van der Waals surface area contributed by atoms with E-state index in [1.54, 1.807) is 7.05 Å². The molecule has 1 aliphatic rings. The smallest absolute Gasteiger partial charge is 0.205 e. The number of hydrogen-bond acceptors (Lipinski definition) is 6. The lowest BCUT2D eigenvalue weighted by Crippen LogP contribution is -2.53. The van der Waals surface area contributed by atoms with Crippen LogP contribution in [0.3, 0.4) is 0 Å². The number of guanidine groups is 1. The molecule has 0 aliphatic carbocycles. The number of hydrogen-bond donors (Lipinski definition) is 1. The van der Waals surface area contributed by atoms with Crippen molar-refractivity contribution in [2.45, 2.75) is 38.9 Å².